The summed E-state index contributed by atoms with van der Waals surface area (Å²) in [5.41, 5.74) is 4.93. The van der Waals surface area contributed by atoms with Crippen LogP contribution in [-0.2, 0) is 14.3 Å². The van der Waals surface area contributed by atoms with E-state index in [0.717, 1.165) is 11.8 Å². The van der Waals surface area contributed by atoms with Gasteiger partial charge in [0, 0.05) is 4.90 Å². The summed E-state index contributed by atoms with van der Waals surface area (Å²) in [5.74, 6) is -1.79. The van der Waals surface area contributed by atoms with Crippen molar-refractivity contribution in [2.45, 2.75) is 17.9 Å². The van der Waals surface area contributed by atoms with Crippen LogP contribution in [0.2, 0.25) is 0 Å². The summed E-state index contributed by atoms with van der Waals surface area (Å²) in [7, 11) is 0. The van der Waals surface area contributed by atoms with Crippen LogP contribution in [0.1, 0.15) is 6.92 Å². The number of carbonyl (C=O) groups excluding carboxylic acids is 2. The molecule has 6 heteroatoms. The molecular formula is C11H12FNO3S. The van der Waals surface area contributed by atoms with Crippen LogP contribution in [0, 0.1) is 5.82 Å². The SMILES string of the molecule is C[C@@H](OC(=O)CSc1ccccc1F)C(N)=O. The van der Waals surface area contributed by atoms with E-state index in [4.69, 9.17) is 10.5 Å². The fourth-order valence-corrected chi connectivity index (χ4v) is 1.71. The molecule has 0 spiro atoms. The highest BCUT2D eigenvalue weighted by Crippen LogP contribution is 2.21. The van der Waals surface area contributed by atoms with Gasteiger partial charge in [0.05, 0.1) is 5.75 Å². The summed E-state index contributed by atoms with van der Waals surface area (Å²) >= 11 is 1.01. The highest BCUT2D eigenvalue weighted by atomic mass is 32.2. The van der Waals surface area contributed by atoms with E-state index in [1.807, 2.05) is 0 Å². The molecule has 1 amide bonds. The van der Waals surface area contributed by atoms with Crippen molar-refractivity contribution >= 4 is 23.6 Å². The summed E-state index contributed by atoms with van der Waals surface area (Å²) in [6.07, 6.45) is -0.969. The molecule has 0 heterocycles. The second-order valence-corrected chi connectivity index (χ2v) is 4.27. The van der Waals surface area contributed by atoms with Crippen LogP contribution in [0.5, 0.6) is 0 Å². The number of amides is 1. The Balaban J connectivity index is 2.44. The van der Waals surface area contributed by atoms with Crippen molar-refractivity contribution in [2.75, 3.05) is 5.75 Å². The summed E-state index contributed by atoms with van der Waals surface area (Å²) in [5, 5.41) is 0. The normalized spacial score (nSPS) is 11.9. The van der Waals surface area contributed by atoms with Gasteiger partial charge in [-0.1, -0.05) is 12.1 Å². The molecule has 1 atom stereocenters. The third-order valence-electron chi connectivity index (χ3n) is 1.89. The maximum Gasteiger partial charge on any atom is 0.317 e. The molecule has 0 bridgehead atoms. The zero-order chi connectivity index (χ0) is 12.8. The molecule has 4 nitrogen and oxygen atoms in total. The van der Waals surface area contributed by atoms with Gasteiger partial charge in [0.25, 0.3) is 5.91 Å². The molecule has 2 N–H and O–H groups in total. The zero-order valence-electron chi connectivity index (χ0n) is 9.18. The molecule has 1 rings (SSSR count). The van der Waals surface area contributed by atoms with Crippen molar-refractivity contribution in [3.63, 3.8) is 0 Å². The lowest BCUT2D eigenvalue weighted by Gasteiger charge is -2.09. The van der Waals surface area contributed by atoms with Crippen LogP contribution in [0.3, 0.4) is 0 Å². The minimum absolute atomic E-state index is 0.0709. The minimum atomic E-state index is -0.969. The molecule has 0 unspecified atom stereocenters. The highest BCUT2D eigenvalue weighted by Gasteiger charge is 2.15. The molecule has 1 aromatic carbocycles. The minimum Gasteiger partial charge on any atom is -0.452 e. The second-order valence-electron chi connectivity index (χ2n) is 3.25. The number of thioether (sulfide) groups is 1. The van der Waals surface area contributed by atoms with Crippen molar-refractivity contribution < 1.29 is 18.7 Å². The van der Waals surface area contributed by atoms with Crippen LogP contribution in [0.15, 0.2) is 29.2 Å². The van der Waals surface area contributed by atoms with E-state index in [0.29, 0.717) is 4.90 Å². The van der Waals surface area contributed by atoms with Crippen LogP contribution >= 0.6 is 11.8 Å². The van der Waals surface area contributed by atoms with Crippen molar-refractivity contribution in [2.24, 2.45) is 5.73 Å². The van der Waals surface area contributed by atoms with Gasteiger partial charge in [-0.3, -0.25) is 9.59 Å². The maximum absolute atomic E-state index is 13.2. The van der Waals surface area contributed by atoms with Crippen LogP contribution < -0.4 is 5.73 Å². The summed E-state index contributed by atoms with van der Waals surface area (Å²) in [6.45, 7) is 1.38. The van der Waals surface area contributed by atoms with E-state index in [2.05, 4.69) is 0 Å². The lowest BCUT2D eigenvalue weighted by Crippen LogP contribution is -2.31. The van der Waals surface area contributed by atoms with Crippen molar-refractivity contribution in [3.8, 4) is 0 Å². The predicted octanol–water partition coefficient (Wildman–Crippen LogP) is 1.33. The molecule has 0 aliphatic carbocycles. The van der Waals surface area contributed by atoms with E-state index in [9.17, 15) is 14.0 Å². The maximum atomic E-state index is 13.2. The zero-order valence-corrected chi connectivity index (χ0v) is 10.00. The Morgan fingerprint density at radius 3 is 2.71 bits per heavy atom. The van der Waals surface area contributed by atoms with E-state index in [1.165, 1.54) is 13.0 Å². The first kappa shape index (κ1) is 13.5. The fourth-order valence-electron chi connectivity index (χ4n) is 0.988. The Morgan fingerprint density at radius 2 is 2.12 bits per heavy atom. The third-order valence-corrected chi connectivity index (χ3v) is 2.91. The number of hydrogen-bond acceptors (Lipinski definition) is 4. The molecule has 1 aromatic rings. The van der Waals surface area contributed by atoms with Crippen LogP contribution in [-0.4, -0.2) is 23.7 Å². The van der Waals surface area contributed by atoms with E-state index >= 15 is 0 Å². The molecule has 0 aromatic heterocycles. The molecule has 0 saturated carbocycles. The average Bonchev–Trinajstić information content (AvgIpc) is 2.27. The van der Waals surface area contributed by atoms with Crippen molar-refractivity contribution in [1.82, 2.24) is 0 Å². The number of nitrogens with two attached hydrogens (primary N) is 1. The van der Waals surface area contributed by atoms with E-state index < -0.39 is 23.8 Å². The first-order valence-electron chi connectivity index (χ1n) is 4.87. The lowest BCUT2D eigenvalue weighted by molar-refractivity contribution is -0.151. The lowest BCUT2D eigenvalue weighted by atomic mass is 10.3. The fraction of sp³-hybridized carbons (Fsp3) is 0.273. The Kier molecular flexibility index (Phi) is 4.96. The predicted molar refractivity (Wildman–Crippen MR) is 61.9 cm³/mol. The average molecular weight is 257 g/mol. The van der Waals surface area contributed by atoms with Gasteiger partial charge in [0.15, 0.2) is 6.10 Å². The number of benzene rings is 1. The van der Waals surface area contributed by atoms with Crippen molar-refractivity contribution in [1.29, 1.82) is 0 Å². The van der Waals surface area contributed by atoms with Gasteiger partial charge < -0.3 is 10.5 Å². The number of rotatable bonds is 5. The van der Waals surface area contributed by atoms with Gasteiger partial charge in [-0.2, -0.15) is 0 Å². The molecule has 0 saturated heterocycles. The Hall–Kier alpha value is -1.56. The molecule has 92 valence electrons. The Morgan fingerprint density at radius 1 is 1.47 bits per heavy atom. The Labute approximate surface area is 102 Å². The second kappa shape index (κ2) is 6.24. The third kappa shape index (κ3) is 4.44. The van der Waals surface area contributed by atoms with Gasteiger partial charge in [0.1, 0.15) is 5.82 Å². The van der Waals surface area contributed by atoms with Gasteiger partial charge in [0.2, 0.25) is 0 Å². The van der Waals surface area contributed by atoms with Crippen LogP contribution in [0.25, 0.3) is 0 Å². The van der Waals surface area contributed by atoms with E-state index in [-0.39, 0.29) is 5.75 Å². The smallest absolute Gasteiger partial charge is 0.317 e. The van der Waals surface area contributed by atoms with Gasteiger partial charge >= 0.3 is 5.97 Å². The van der Waals surface area contributed by atoms with Crippen LogP contribution in [0.4, 0.5) is 4.39 Å². The standard InChI is InChI=1S/C11H12FNO3S/c1-7(11(13)15)16-10(14)6-17-9-5-3-2-4-8(9)12/h2-5,7H,6H2,1H3,(H2,13,15)/t7-/m1/s1. The largest absolute Gasteiger partial charge is 0.452 e. The first-order valence-corrected chi connectivity index (χ1v) is 5.85. The summed E-state index contributed by atoms with van der Waals surface area (Å²) in [6, 6.07) is 6.10. The number of primary amides is 1. The Bertz CT molecular complexity index is 425. The van der Waals surface area contributed by atoms with Gasteiger partial charge in [-0.15, -0.1) is 11.8 Å². The highest BCUT2D eigenvalue weighted by molar-refractivity contribution is 8.00. The number of hydrogen-bond donors (Lipinski definition) is 1. The summed E-state index contributed by atoms with van der Waals surface area (Å²) < 4.78 is 17.9. The monoisotopic (exact) mass is 257 g/mol. The first-order chi connectivity index (χ1) is 8.00. The molecular weight excluding hydrogens is 245 g/mol. The van der Waals surface area contributed by atoms with Gasteiger partial charge in [-0.25, -0.2) is 4.39 Å². The number of carbonyl (C=O) groups is 2. The number of ether oxygens (including phenoxy) is 1. The number of halogens is 1. The van der Waals surface area contributed by atoms with Crippen molar-refractivity contribution in [3.05, 3.63) is 30.1 Å². The van der Waals surface area contributed by atoms with E-state index in [1.54, 1.807) is 18.2 Å². The van der Waals surface area contributed by atoms with Gasteiger partial charge in [-0.05, 0) is 19.1 Å². The molecule has 0 fully saturated rings. The molecule has 17 heavy (non-hydrogen) atoms. The molecule has 0 aliphatic rings. The topological polar surface area (TPSA) is 69.4 Å². The quantitative estimate of drug-likeness (QED) is 0.638. The molecule has 0 aliphatic heterocycles. The molecule has 0 radical (unpaired) electrons. The summed E-state index contributed by atoms with van der Waals surface area (Å²) in [4.78, 5) is 22.3. The number of esters is 1.